The summed E-state index contributed by atoms with van der Waals surface area (Å²) in [4.78, 5) is 14.8. The molecular weight excluding hydrogens is 243 g/mol. The van der Waals surface area contributed by atoms with Gasteiger partial charge in [-0.3, -0.25) is 4.79 Å². The van der Waals surface area contributed by atoms with Crippen molar-refractivity contribution in [3.05, 3.63) is 46.0 Å². The third-order valence-corrected chi connectivity index (χ3v) is 3.79. The first-order chi connectivity index (χ1) is 9.22. The summed E-state index contributed by atoms with van der Waals surface area (Å²) in [5, 5.41) is 4.25. The smallest absolute Gasteiger partial charge is 0.251 e. The number of piperidine rings is 1. The number of H-pyrrole nitrogens is 1. The third-order valence-electron chi connectivity index (χ3n) is 3.79. The zero-order valence-corrected chi connectivity index (χ0v) is 10.7. The second kappa shape index (κ2) is 5.13. The van der Waals surface area contributed by atoms with E-state index < -0.39 is 0 Å². The van der Waals surface area contributed by atoms with Crippen molar-refractivity contribution in [3.8, 4) is 0 Å². The van der Waals surface area contributed by atoms with Gasteiger partial charge < -0.3 is 10.3 Å². The van der Waals surface area contributed by atoms with Gasteiger partial charge in [0.2, 0.25) is 0 Å². The van der Waals surface area contributed by atoms with Crippen molar-refractivity contribution < 1.29 is 4.39 Å². The number of fused-ring (bicyclic) bond motifs is 1. The van der Waals surface area contributed by atoms with Gasteiger partial charge in [-0.1, -0.05) is 0 Å². The van der Waals surface area contributed by atoms with Gasteiger partial charge >= 0.3 is 0 Å². The van der Waals surface area contributed by atoms with Crippen molar-refractivity contribution in [2.45, 2.75) is 19.3 Å². The predicted octanol–water partition coefficient (Wildman–Crippen LogP) is 2.21. The maximum absolute atomic E-state index is 13.1. The number of hydrogen-bond acceptors (Lipinski definition) is 2. The van der Waals surface area contributed by atoms with E-state index in [9.17, 15) is 9.18 Å². The highest BCUT2D eigenvalue weighted by Crippen LogP contribution is 2.17. The van der Waals surface area contributed by atoms with E-state index in [1.807, 2.05) is 6.07 Å². The van der Waals surface area contributed by atoms with E-state index in [1.54, 1.807) is 6.07 Å². The molecule has 1 fully saturated rings. The van der Waals surface area contributed by atoms with E-state index in [2.05, 4.69) is 10.3 Å². The van der Waals surface area contributed by atoms with Crippen molar-refractivity contribution >= 4 is 10.9 Å². The highest BCUT2D eigenvalue weighted by atomic mass is 19.1. The van der Waals surface area contributed by atoms with Gasteiger partial charge in [0, 0.05) is 5.56 Å². The lowest BCUT2D eigenvalue weighted by molar-refractivity contribution is 0.375. The van der Waals surface area contributed by atoms with Crippen LogP contribution in [-0.4, -0.2) is 18.1 Å². The van der Waals surface area contributed by atoms with Gasteiger partial charge in [0.1, 0.15) is 5.82 Å². The van der Waals surface area contributed by atoms with Gasteiger partial charge in [0.05, 0.1) is 5.52 Å². The minimum atomic E-state index is -0.326. The Labute approximate surface area is 110 Å². The average Bonchev–Trinajstić information content (AvgIpc) is 2.41. The lowest BCUT2D eigenvalue weighted by Crippen LogP contribution is -2.32. The van der Waals surface area contributed by atoms with Crippen LogP contribution >= 0.6 is 0 Å². The number of hydrogen-bond donors (Lipinski definition) is 2. The van der Waals surface area contributed by atoms with Gasteiger partial charge in [-0.2, -0.15) is 0 Å². The van der Waals surface area contributed by atoms with E-state index in [4.69, 9.17) is 0 Å². The molecule has 1 aromatic heterocycles. The van der Waals surface area contributed by atoms with Gasteiger partial charge in [-0.15, -0.1) is 0 Å². The molecule has 1 aromatic carbocycles. The average molecular weight is 260 g/mol. The van der Waals surface area contributed by atoms with Crippen LogP contribution in [-0.2, 0) is 6.42 Å². The minimum Gasteiger partial charge on any atom is -0.322 e. The molecule has 19 heavy (non-hydrogen) atoms. The first-order valence-corrected chi connectivity index (χ1v) is 6.74. The number of nitrogens with one attached hydrogen (secondary N) is 2. The Hall–Kier alpha value is -1.68. The first kappa shape index (κ1) is 12.4. The molecule has 0 bridgehead atoms. The largest absolute Gasteiger partial charge is 0.322 e. The van der Waals surface area contributed by atoms with Gasteiger partial charge in [0.15, 0.2) is 0 Å². The molecule has 1 aliphatic heterocycles. The molecule has 0 spiro atoms. The monoisotopic (exact) mass is 260 g/mol. The highest BCUT2D eigenvalue weighted by Gasteiger charge is 2.15. The van der Waals surface area contributed by atoms with Crippen LogP contribution in [0, 0.1) is 11.7 Å². The van der Waals surface area contributed by atoms with Gasteiger partial charge in [0.25, 0.3) is 5.56 Å². The SMILES string of the molecule is O=c1[nH]c2cc(F)ccc2cc1CC1CCCNC1. The third kappa shape index (κ3) is 2.68. The van der Waals surface area contributed by atoms with Crippen molar-refractivity contribution in [2.75, 3.05) is 13.1 Å². The van der Waals surface area contributed by atoms with Crippen LogP contribution in [0.25, 0.3) is 10.9 Å². The molecule has 2 heterocycles. The number of aromatic nitrogens is 1. The molecule has 2 N–H and O–H groups in total. The zero-order chi connectivity index (χ0) is 13.2. The van der Waals surface area contributed by atoms with E-state index in [0.29, 0.717) is 11.4 Å². The van der Waals surface area contributed by atoms with E-state index >= 15 is 0 Å². The number of rotatable bonds is 2. The summed E-state index contributed by atoms with van der Waals surface area (Å²) in [6.45, 7) is 2.05. The standard InChI is InChI=1S/C15H17FN2O/c16-13-4-3-11-7-12(15(19)18-14(11)8-13)6-10-2-1-5-17-9-10/h3-4,7-8,10,17H,1-2,5-6,9H2,(H,18,19). The molecule has 0 radical (unpaired) electrons. The molecule has 1 unspecified atom stereocenters. The number of pyridine rings is 1. The quantitative estimate of drug-likeness (QED) is 0.869. The van der Waals surface area contributed by atoms with Crippen molar-refractivity contribution in [1.82, 2.24) is 10.3 Å². The fourth-order valence-corrected chi connectivity index (χ4v) is 2.78. The van der Waals surface area contributed by atoms with Crippen LogP contribution in [0.2, 0.25) is 0 Å². The molecule has 0 saturated carbocycles. The fraction of sp³-hybridized carbons (Fsp3) is 0.400. The second-order valence-corrected chi connectivity index (χ2v) is 5.27. The molecule has 2 aromatic rings. The summed E-state index contributed by atoms with van der Waals surface area (Å²) < 4.78 is 13.1. The Balaban J connectivity index is 1.92. The van der Waals surface area contributed by atoms with Crippen LogP contribution < -0.4 is 10.9 Å². The lowest BCUT2D eigenvalue weighted by atomic mass is 9.92. The topological polar surface area (TPSA) is 44.9 Å². The Kier molecular flexibility index (Phi) is 3.34. The Morgan fingerprint density at radius 2 is 2.21 bits per heavy atom. The van der Waals surface area contributed by atoms with Crippen LogP contribution in [0.1, 0.15) is 18.4 Å². The Morgan fingerprint density at radius 3 is 3.00 bits per heavy atom. The summed E-state index contributed by atoms with van der Waals surface area (Å²) in [6.07, 6.45) is 3.12. The molecule has 1 atom stereocenters. The van der Waals surface area contributed by atoms with Crippen molar-refractivity contribution in [1.29, 1.82) is 0 Å². The first-order valence-electron chi connectivity index (χ1n) is 6.74. The maximum atomic E-state index is 13.1. The summed E-state index contributed by atoms with van der Waals surface area (Å²) in [6, 6.07) is 6.39. The Bertz CT molecular complexity index is 644. The molecule has 3 rings (SSSR count). The number of halogens is 1. The number of benzene rings is 1. The molecule has 1 aliphatic rings. The molecule has 100 valence electrons. The maximum Gasteiger partial charge on any atom is 0.251 e. The van der Waals surface area contributed by atoms with Crippen molar-refractivity contribution in [3.63, 3.8) is 0 Å². The molecule has 0 aliphatic carbocycles. The lowest BCUT2D eigenvalue weighted by Gasteiger charge is -2.22. The van der Waals surface area contributed by atoms with E-state index in [0.717, 1.165) is 36.9 Å². The summed E-state index contributed by atoms with van der Waals surface area (Å²) in [7, 11) is 0. The van der Waals surface area contributed by atoms with Gasteiger partial charge in [-0.05, 0) is 67.9 Å². The van der Waals surface area contributed by atoms with Crippen LogP contribution in [0.15, 0.2) is 29.1 Å². The molecule has 4 heteroatoms. The summed E-state index contributed by atoms with van der Waals surface area (Å²) >= 11 is 0. The number of aromatic amines is 1. The van der Waals surface area contributed by atoms with Gasteiger partial charge in [-0.25, -0.2) is 4.39 Å². The van der Waals surface area contributed by atoms with E-state index in [-0.39, 0.29) is 11.4 Å². The summed E-state index contributed by atoms with van der Waals surface area (Å²) in [5.41, 5.74) is 1.27. The van der Waals surface area contributed by atoms with Crippen molar-refractivity contribution in [2.24, 2.45) is 5.92 Å². The highest BCUT2D eigenvalue weighted by molar-refractivity contribution is 5.78. The molecule has 1 saturated heterocycles. The zero-order valence-electron chi connectivity index (χ0n) is 10.7. The van der Waals surface area contributed by atoms with Crippen LogP contribution in [0.3, 0.4) is 0 Å². The predicted molar refractivity (Wildman–Crippen MR) is 73.8 cm³/mol. The minimum absolute atomic E-state index is 0.0938. The molecule has 3 nitrogen and oxygen atoms in total. The molecular formula is C15H17FN2O. The van der Waals surface area contributed by atoms with Crippen LogP contribution in [0.5, 0.6) is 0 Å². The van der Waals surface area contributed by atoms with Crippen LogP contribution in [0.4, 0.5) is 4.39 Å². The second-order valence-electron chi connectivity index (χ2n) is 5.27. The fourth-order valence-electron chi connectivity index (χ4n) is 2.78. The Morgan fingerprint density at radius 1 is 1.32 bits per heavy atom. The summed E-state index contributed by atoms with van der Waals surface area (Å²) in [5.74, 6) is 0.195. The normalized spacial score (nSPS) is 19.7. The molecule has 0 amide bonds. The van der Waals surface area contributed by atoms with E-state index in [1.165, 1.54) is 18.6 Å².